The molecule has 1 amide bonds. The molecule has 1 aromatic carbocycles. The zero-order valence-corrected chi connectivity index (χ0v) is 17.3. The Hall–Kier alpha value is -3.07. The summed E-state index contributed by atoms with van der Waals surface area (Å²) in [6, 6.07) is 7.74. The van der Waals surface area contributed by atoms with Crippen LogP contribution in [0.25, 0.3) is 4.96 Å². The Bertz CT molecular complexity index is 1090. The van der Waals surface area contributed by atoms with E-state index in [2.05, 4.69) is 15.4 Å². The first-order valence-corrected chi connectivity index (χ1v) is 10.2. The van der Waals surface area contributed by atoms with Gasteiger partial charge in [-0.25, -0.2) is 9.78 Å². The molecule has 3 aromatic rings. The molecule has 152 valence electrons. The van der Waals surface area contributed by atoms with Crippen LogP contribution in [-0.4, -0.2) is 26.5 Å². The van der Waals surface area contributed by atoms with Crippen molar-refractivity contribution in [2.24, 2.45) is 5.92 Å². The van der Waals surface area contributed by atoms with E-state index in [0.717, 1.165) is 17.8 Å². The highest BCUT2D eigenvalue weighted by Gasteiger charge is 2.12. The van der Waals surface area contributed by atoms with Gasteiger partial charge in [0, 0.05) is 24.1 Å². The zero-order valence-electron chi connectivity index (χ0n) is 16.5. The van der Waals surface area contributed by atoms with Gasteiger partial charge >= 0.3 is 5.97 Å². The van der Waals surface area contributed by atoms with Crippen LogP contribution in [0.5, 0.6) is 0 Å². The molecule has 1 N–H and O–H groups in total. The van der Waals surface area contributed by atoms with Crippen LogP contribution in [0.1, 0.15) is 48.3 Å². The zero-order chi connectivity index (χ0) is 21.0. The van der Waals surface area contributed by atoms with Crippen molar-refractivity contribution < 1.29 is 14.3 Å². The highest BCUT2D eigenvalue weighted by molar-refractivity contribution is 7.16. The minimum Gasteiger partial charge on any atom is -0.456 e. The predicted molar refractivity (Wildman–Crippen MR) is 110 cm³/mol. The van der Waals surface area contributed by atoms with Crippen LogP contribution in [-0.2, 0) is 22.6 Å². The lowest BCUT2D eigenvalue weighted by molar-refractivity contribution is -0.118. The SMILES string of the molecule is CCCc1nn2c(=O)cc(COC(=O)c3ccc(NC(=O)C(C)C)cc3)nc2s1. The van der Waals surface area contributed by atoms with Gasteiger partial charge in [0.05, 0.1) is 11.3 Å². The third-order valence-corrected chi connectivity index (χ3v) is 5.04. The molecule has 0 aliphatic heterocycles. The van der Waals surface area contributed by atoms with Gasteiger partial charge in [0.15, 0.2) is 0 Å². The Balaban J connectivity index is 1.65. The number of nitrogens with zero attached hydrogens (tertiary/aromatic N) is 3. The summed E-state index contributed by atoms with van der Waals surface area (Å²) in [7, 11) is 0. The number of esters is 1. The fourth-order valence-electron chi connectivity index (χ4n) is 2.48. The second-order valence-electron chi connectivity index (χ2n) is 6.82. The van der Waals surface area contributed by atoms with E-state index in [1.807, 2.05) is 6.92 Å². The van der Waals surface area contributed by atoms with Gasteiger partial charge in [-0.1, -0.05) is 32.1 Å². The van der Waals surface area contributed by atoms with Crippen molar-refractivity contribution >= 4 is 33.9 Å². The number of benzene rings is 1. The fraction of sp³-hybridized carbons (Fsp3) is 0.350. The maximum Gasteiger partial charge on any atom is 0.338 e. The smallest absolute Gasteiger partial charge is 0.338 e. The molecule has 0 aliphatic carbocycles. The van der Waals surface area contributed by atoms with Crippen molar-refractivity contribution in [2.75, 3.05) is 5.32 Å². The van der Waals surface area contributed by atoms with E-state index in [4.69, 9.17) is 4.74 Å². The topological polar surface area (TPSA) is 103 Å². The first-order chi connectivity index (χ1) is 13.9. The van der Waals surface area contributed by atoms with Crippen LogP contribution < -0.4 is 10.9 Å². The Morgan fingerprint density at radius 1 is 1.24 bits per heavy atom. The van der Waals surface area contributed by atoms with Crippen molar-refractivity contribution in [3.8, 4) is 0 Å². The third kappa shape index (κ3) is 5.05. The van der Waals surface area contributed by atoms with Crippen LogP contribution in [0, 0.1) is 5.92 Å². The molecule has 2 heterocycles. The molecule has 0 saturated carbocycles. The summed E-state index contributed by atoms with van der Waals surface area (Å²) < 4.78 is 6.55. The van der Waals surface area contributed by atoms with Gasteiger partial charge < -0.3 is 10.1 Å². The maximum atomic E-state index is 12.3. The van der Waals surface area contributed by atoms with Crippen molar-refractivity contribution in [1.29, 1.82) is 0 Å². The van der Waals surface area contributed by atoms with Gasteiger partial charge in [-0.2, -0.15) is 9.61 Å². The van der Waals surface area contributed by atoms with Crippen LogP contribution in [0.15, 0.2) is 35.1 Å². The molecule has 3 rings (SSSR count). The molecule has 8 nitrogen and oxygen atoms in total. The molecule has 0 radical (unpaired) electrons. The van der Waals surface area contributed by atoms with Gasteiger partial charge in [-0.15, -0.1) is 0 Å². The van der Waals surface area contributed by atoms with E-state index in [1.165, 1.54) is 21.9 Å². The third-order valence-electron chi connectivity index (χ3n) is 4.07. The average molecular weight is 414 g/mol. The van der Waals surface area contributed by atoms with Gasteiger partial charge in [-0.3, -0.25) is 9.59 Å². The number of hydrogen-bond donors (Lipinski definition) is 1. The molecule has 2 aromatic heterocycles. The van der Waals surface area contributed by atoms with Gasteiger partial charge in [0.1, 0.15) is 11.6 Å². The second kappa shape index (κ2) is 8.95. The fourth-order valence-corrected chi connectivity index (χ4v) is 3.50. The number of amides is 1. The van der Waals surface area contributed by atoms with E-state index in [-0.39, 0.29) is 24.0 Å². The second-order valence-corrected chi connectivity index (χ2v) is 7.86. The molecule has 0 atom stereocenters. The van der Waals surface area contributed by atoms with Crippen LogP contribution in [0.3, 0.4) is 0 Å². The average Bonchev–Trinajstić information content (AvgIpc) is 3.10. The first-order valence-electron chi connectivity index (χ1n) is 9.34. The largest absolute Gasteiger partial charge is 0.456 e. The summed E-state index contributed by atoms with van der Waals surface area (Å²) in [6.45, 7) is 5.53. The molecule has 0 bridgehead atoms. The quantitative estimate of drug-likeness (QED) is 0.596. The van der Waals surface area contributed by atoms with E-state index < -0.39 is 5.97 Å². The molecule has 29 heavy (non-hydrogen) atoms. The summed E-state index contributed by atoms with van der Waals surface area (Å²) in [5, 5.41) is 7.85. The number of fused-ring (bicyclic) bond motifs is 1. The van der Waals surface area contributed by atoms with Crippen LogP contribution in [0.4, 0.5) is 5.69 Å². The Morgan fingerprint density at radius 2 is 1.97 bits per heavy atom. The first kappa shape index (κ1) is 20.7. The molecule has 0 saturated heterocycles. The summed E-state index contributed by atoms with van der Waals surface area (Å²) in [6.07, 6.45) is 1.71. The number of carbonyl (C=O) groups excluding carboxylic acids is 2. The lowest BCUT2D eigenvalue weighted by Crippen LogP contribution is -2.18. The molecule has 0 unspecified atom stereocenters. The molecule has 0 fully saturated rings. The molecule has 9 heteroatoms. The van der Waals surface area contributed by atoms with E-state index in [9.17, 15) is 14.4 Å². The van der Waals surface area contributed by atoms with Crippen molar-refractivity contribution in [3.05, 3.63) is 57.0 Å². The standard InChI is InChI=1S/C20H22N4O4S/c1-4-5-16-23-24-17(25)10-15(22-20(24)29-16)11-28-19(27)13-6-8-14(9-7-13)21-18(26)12(2)3/h6-10,12H,4-5,11H2,1-3H3,(H,21,26). The molecule has 0 spiro atoms. The number of aromatic nitrogens is 3. The molecular weight excluding hydrogens is 392 g/mol. The van der Waals surface area contributed by atoms with Gasteiger partial charge in [-0.05, 0) is 30.7 Å². The number of aryl methyl sites for hydroxylation is 1. The number of hydrogen-bond acceptors (Lipinski definition) is 7. The van der Waals surface area contributed by atoms with Crippen LogP contribution >= 0.6 is 11.3 Å². The normalized spacial score (nSPS) is 11.0. The minimum absolute atomic E-state index is 0.0989. The Morgan fingerprint density at radius 3 is 2.62 bits per heavy atom. The Kier molecular flexibility index (Phi) is 6.38. The molecule has 0 aliphatic rings. The maximum absolute atomic E-state index is 12.3. The van der Waals surface area contributed by atoms with Gasteiger partial charge in [0.25, 0.3) is 5.56 Å². The number of anilines is 1. The number of rotatable bonds is 7. The number of carbonyl (C=O) groups is 2. The lowest BCUT2D eigenvalue weighted by atomic mass is 10.2. The number of nitrogens with one attached hydrogen (secondary N) is 1. The Labute approximate surface area is 171 Å². The van der Waals surface area contributed by atoms with Crippen molar-refractivity contribution in [2.45, 2.75) is 40.2 Å². The minimum atomic E-state index is -0.537. The highest BCUT2D eigenvalue weighted by atomic mass is 32.1. The summed E-state index contributed by atoms with van der Waals surface area (Å²) in [4.78, 5) is 41.0. The number of ether oxygens (including phenoxy) is 1. The highest BCUT2D eigenvalue weighted by Crippen LogP contribution is 2.15. The van der Waals surface area contributed by atoms with Crippen molar-refractivity contribution in [1.82, 2.24) is 14.6 Å². The van der Waals surface area contributed by atoms with Crippen LogP contribution in [0.2, 0.25) is 0 Å². The van der Waals surface area contributed by atoms with Gasteiger partial charge in [0.2, 0.25) is 10.9 Å². The van der Waals surface area contributed by atoms with Crippen molar-refractivity contribution in [3.63, 3.8) is 0 Å². The summed E-state index contributed by atoms with van der Waals surface area (Å²) >= 11 is 1.35. The van der Waals surface area contributed by atoms with E-state index in [1.54, 1.807) is 38.1 Å². The van der Waals surface area contributed by atoms with E-state index >= 15 is 0 Å². The molecular formula is C20H22N4O4S. The summed E-state index contributed by atoms with van der Waals surface area (Å²) in [5.41, 5.74) is 1.02. The van der Waals surface area contributed by atoms with E-state index in [0.29, 0.717) is 21.9 Å². The monoisotopic (exact) mass is 414 g/mol. The lowest BCUT2D eigenvalue weighted by Gasteiger charge is -2.08. The summed E-state index contributed by atoms with van der Waals surface area (Å²) in [5.74, 6) is -0.770. The predicted octanol–water partition coefficient (Wildman–Crippen LogP) is 3.06.